The number of allylic oxidation sites excluding steroid dienone is 1. The Kier molecular flexibility index (Phi) is 16.2. The third kappa shape index (κ3) is 11.4. The van der Waals surface area contributed by atoms with Gasteiger partial charge in [0.1, 0.15) is 0 Å². The number of non-ortho nitro benzene ring substituents is 1. The van der Waals surface area contributed by atoms with Crippen molar-refractivity contribution < 1.29 is 19.4 Å². The van der Waals surface area contributed by atoms with Crippen molar-refractivity contribution in [1.29, 1.82) is 0 Å². The molecule has 11 heteroatoms. The summed E-state index contributed by atoms with van der Waals surface area (Å²) in [5.74, 6) is 5.04. The van der Waals surface area contributed by atoms with Gasteiger partial charge in [-0.1, -0.05) is 78.4 Å². The molecule has 1 aromatic carbocycles. The van der Waals surface area contributed by atoms with E-state index in [9.17, 15) is 29.8 Å². The molecule has 11 nitrogen and oxygen atoms in total. The molecular weight excluding hydrogens is 719 g/mol. The number of nitrogens with one attached hydrogen (secondary N) is 3. The zero-order valence-electron chi connectivity index (χ0n) is 35.8. The monoisotopic (exact) mass is 792 g/mol. The minimum atomic E-state index is -0.637. The molecule has 1 aromatic rings. The Morgan fingerprint density at radius 2 is 1.56 bits per heavy atom. The van der Waals surface area contributed by atoms with Gasteiger partial charge in [-0.25, -0.2) is 0 Å². The SMILES string of the molecule is CC(C)CCCC(C)[C@H]1CCC2C3CC=C4C[C@@H](NCCCNC(=O)CCNC(=O)CCCCCCc5ccc([N+](=O)[O-])cc5[N+](=O)[O-])CC[C@]4(C)C3CC[C@@]21C. The van der Waals surface area contributed by atoms with Crippen molar-refractivity contribution in [2.45, 2.75) is 163 Å². The van der Waals surface area contributed by atoms with Gasteiger partial charge in [-0.15, -0.1) is 0 Å². The van der Waals surface area contributed by atoms with E-state index in [0.29, 0.717) is 61.2 Å². The molecular formula is C46H73N5O6. The van der Waals surface area contributed by atoms with Crippen LogP contribution >= 0.6 is 0 Å². The first-order chi connectivity index (χ1) is 27.2. The van der Waals surface area contributed by atoms with E-state index in [0.717, 1.165) is 73.8 Å². The third-order valence-corrected chi connectivity index (χ3v) is 15.2. The molecule has 4 unspecified atom stereocenters. The van der Waals surface area contributed by atoms with Crippen LogP contribution in [0.15, 0.2) is 29.8 Å². The van der Waals surface area contributed by atoms with Crippen molar-refractivity contribution in [2.75, 3.05) is 19.6 Å². The van der Waals surface area contributed by atoms with Crippen LogP contribution in [0.2, 0.25) is 0 Å². The van der Waals surface area contributed by atoms with Gasteiger partial charge in [0.25, 0.3) is 11.4 Å². The fourth-order valence-corrected chi connectivity index (χ4v) is 12.0. The van der Waals surface area contributed by atoms with Crippen LogP contribution < -0.4 is 16.0 Å². The lowest BCUT2D eigenvalue weighted by Crippen LogP contribution is -2.51. The number of hydrogen-bond donors (Lipinski definition) is 3. The van der Waals surface area contributed by atoms with Gasteiger partial charge < -0.3 is 16.0 Å². The van der Waals surface area contributed by atoms with E-state index in [1.165, 1.54) is 76.3 Å². The number of nitro benzene ring substituents is 2. The van der Waals surface area contributed by atoms with Crippen LogP contribution in [0.5, 0.6) is 0 Å². The number of carbonyl (C=O) groups excluding carboxylic acids is 2. The highest BCUT2D eigenvalue weighted by Crippen LogP contribution is 2.67. The van der Waals surface area contributed by atoms with Gasteiger partial charge >= 0.3 is 0 Å². The Morgan fingerprint density at radius 3 is 2.32 bits per heavy atom. The molecule has 3 fully saturated rings. The fraction of sp³-hybridized carbons (Fsp3) is 0.783. The number of carbonyl (C=O) groups is 2. The zero-order valence-corrected chi connectivity index (χ0v) is 35.8. The summed E-state index contributed by atoms with van der Waals surface area (Å²) in [6.45, 7) is 14.4. The van der Waals surface area contributed by atoms with Crippen molar-refractivity contribution >= 4 is 23.2 Å². The molecule has 0 spiro atoms. The molecule has 318 valence electrons. The van der Waals surface area contributed by atoms with E-state index in [1.807, 2.05) is 0 Å². The quantitative estimate of drug-likeness (QED) is 0.0457. The molecule has 0 aliphatic heterocycles. The molecule has 3 N–H and O–H groups in total. The normalized spacial score (nSPS) is 28.5. The summed E-state index contributed by atoms with van der Waals surface area (Å²) in [4.78, 5) is 45.7. The van der Waals surface area contributed by atoms with Crippen LogP contribution in [-0.4, -0.2) is 47.3 Å². The van der Waals surface area contributed by atoms with E-state index >= 15 is 0 Å². The van der Waals surface area contributed by atoms with E-state index in [4.69, 9.17) is 0 Å². The number of amides is 2. The van der Waals surface area contributed by atoms with Crippen LogP contribution in [-0.2, 0) is 16.0 Å². The largest absolute Gasteiger partial charge is 0.356 e. The van der Waals surface area contributed by atoms with E-state index in [-0.39, 0.29) is 29.6 Å². The van der Waals surface area contributed by atoms with Gasteiger partial charge in [0.05, 0.1) is 15.9 Å². The highest BCUT2D eigenvalue weighted by atomic mass is 16.6. The minimum Gasteiger partial charge on any atom is -0.356 e. The molecule has 0 bridgehead atoms. The smallest absolute Gasteiger partial charge is 0.279 e. The number of unbranched alkanes of at least 4 members (excludes halogenated alkanes) is 3. The van der Waals surface area contributed by atoms with Crippen LogP contribution in [0, 0.1) is 66.6 Å². The highest BCUT2D eigenvalue weighted by Gasteiger charge is 2.59. The van der Waals surface area contributed by atoms with Gasteiger partial charge in [-0.3, -0.25) is 29.8 Å². The Balaban J connectivity index is 0.914. The summed E-state index contributed by atoms with van der Waals surface area (Å²) < 4.78 is 0. The van der Waals surface area contributed by atoms with E-state index in [1.54, 1.807) is 5.57 Å². The molecule has 4 aliphatic rings. The summed E-state index contributed by atoms with van der Waals surface area (Å²) in [5, 5.41) is 31.9. The topological polar surface area (TPSA) is 157 Å². The number of benzene rings is 1. The maximum Gasteiger partial charge on any atom is 0.279 e. The van der Waals surface area contributed by atoms with E-state index < -0.39 is 9.85 Å². The number of rotatable bonds is 22. The molecule has 8 atom stereocenters. The van der Waals surface area contributed by atoms with Crippen LogP contribution in [0.25, 0.3) is 0 Å². The van der Waals surface area contributed by atoms with Gasteiger partial charge in [0, 0.05) is 43.6 Å². The van der Waals surface area contributed by atoms with Crippen LogP contribution in [0.3, 0.4) is 0 Å². The first-order valence-corrected chi connectivity index (χ1v) is 22.6. The second-order valence-corrected chi connectivity index (χ2v) is 19.2. The van der Waals surface area contributed by atoms with Crippen molar-refractivity contribution in [1.82, 2.24) is 16.0 Å². The lowest BCUT2D eigenvalue weighted by molar-refractivity contribution is -0.394. The summed E-state index contributed by atoms with van der Waals surface area (Å²) >= 11 is 0. The first-order valence-electron chi connectivity index (χ1n) is 22.6. The van der Waals surface area contributed by atoms with E-state index in [2.05, 4.69) is 56.6 Å². The summed E-state index contributed by atoms with van der Waals surface area (Å²) in [6, 6.07) is 4.26. The molecule has 57 heavy (non-hydrogen) atoms. The molecule has 4 aliphatic carbocycles. The number of aryl methyl sites for hydroxylation is 1. The lowest BCUT2D eigenvalue weighted by atomic mass is 9.47. The van der Waals surface area contributed by atoms with Gasteiger partial charge in [0.15, 0.2) is 0 Å². The molecule has 0 aromatic heterocycles. The summed E-state index contributed by atoms with van der Waals surface area (Å²) in [5.41, 5.74) is 2.57. The van der Waals surface area contributed by atoms with Gasteiger partial charge in [0.2, 0.25) is 11.8 Å². The second kappa shape index (κ2) is 20.6. The summed E-state index contributed by atoms with van der Waals surface area (Å²) in [7, 11) is 0. The molecule has 3 saturated carbocycles. The number of nitrogens with zero attached hydrogens (tertiary/aromatic N) is 2. The standard InChI is InChI=1S/C46H73N5O6/c1-32(2)12-10-13-33(3)39-20-21-40-38-19-17-35-30-36(22-25-45(35,4)41(38)23-26-46(39,40)5)47-27-11-28-48-44(53)24-29-49-43(52)15-9-7-6-8-14-34-16-18-37(50(54)55)31-42(34)51(56)57/h16-18,31-33,36,38-41,47H,6-15,19-30H2,1-5H3,(H,48,53)(H,49,52)/t33?,36-,38?,39+,40?,41?,45-,46+/m0/s1. The van der Waals surface area contributed by atoms with Crippen LogP contribution in [0.4, 0.5) is 11.4 Å². The van der Waals surface area contributed by atoms with Gasteiger partial charge in [-0.05, 0) is 136 Å². The molecule has 0 saturated heterocycles. The molecule has 0 heterocycles. The Hall–Kier alpha value is -3.34. The third-order valence-electron chi connectivity index (χ3n) is 15.2. The summed E-state index contributed by atoms with van der Waals surface area (Å²) in [6.07, 6.45) is 22.4. The van der Waals surface area contributed by atoms with Crippen molar-refractivity contribution in [3.8, 4) is 0 Å². The Bertz CT molecular complexity index is 1580. The zero-order chi connectivity index (χ0) is 41.2. The van der Waals surface area contributed by atoms with Crippen molar-refractivity contribution in [3.63, 3.8) is 0 Å². The average molecular weight is 792 g/mol. The molecule has 5 rings (SSSR count). The molecule has 2 amide bonds. The number of nitro groups is 2. The average Bonchev–Trinajstić information content (AvgIpc) is 3.53. The van der Waals surface area contributed by atoms with Crippen LogP contribution in [0.1, 0.15) is 156 Å². The lowest BCUT2D eigenvalue weighted by Gasteiger charge is -2.58. The maximum absolute atomic E-state index is 12.4. The van der Waals surface area contributed by atoms with Gasteiger partial charge in [-0.2, -0.15) is 0 Å². The first kappa shape index (κ1) is 44.8. The molecule has 0 radical (unpaired) electrons. The fourth-order valence-electron chi connectivity index (χ4n) is 12.0. The Labute approximate surface area is 342 Å². The van der Waals surface area contributed by atoms with Crippen molar-refractivity contribution in [3.05, 3.63) is 55.6 Å². The Morgan fingerprint density at radius 1 is 0.807 bits per heavy atom. The minimum absolute atomic E-state index is 0.0521. The highest BCUT2D eigenvalue weighted by molar-refractivity contribution is 5.78. The predicted molar refractivity (Wildman–Crippen MR) is 227 cm³/mol. The maximum atomic E-state index is 12.4. The van der Waals surface area contributed by atoms with Crippen molar-refractivity contribution in [2.24, 2.45) is 46.3 Å². The second-order valence-electron chi connectivity index (χ2n) is 19.2. The number of hydrogen-bond acceptors (Lipinski definition) is 7. The predicted octanol–water partition coefficient (Wildman–Crippen LogP) is 10.0. The number of fused-ring (bicyclic) bond motifs is 5.